The highest BCUT2D eigenvalue weighted by molar-refractivity contribution is 5.90. The average molecular weight is 280 g/mol. The largest absolute Gasteiger partial charge is 0.381 e. The van der Waals surface area contributed by atoms with Gasteiger partial charge in [-0.1, -0.05) is 6.58 Å². The topological polar surface area (TPSA) is 49.9 Å². The van der Waals surface area contributed by atoms with Crippen molar-refractivity contribution in [2.75, 3.05) is 33.4 Å². The molecule has 0 bridgehead atoms. The molecule has 1 atom stereocenters. The Morgan fingerprint density at radius 3 is 2.70 bits per heavy atom. The van der Waals surface area contributed by atoms with Crippen LogP contribution in [0, 0.1) is 5.92 Å². The fourth-order valence-electron chi connectivity index (χ4n) is 3.22. The van der Waals surface area contributed by atoms with Crippen LogP contribution in [0.4, 0.5) is 0 Å². The lowest BCUT2D eigenvalue weighted by Crippen LogP contribution is -2.46. The van der Waals surface area contributed by atoms with E-state index in [0.29, 0.717) is 12.0 Å². The summed E-state index contributed by atoms with van der Waals surface area (Å²) in [5.74, 6) is 0.396. The van der Waals surface area contributed by atoms with Crippen LogP contribution in [0.25, 0.3) is 0 Å². The second-order valence-corrected chi connectivity index (χ2v) is 5.64. The van der Waals surface area contributed by atoms with Crippen LogP contribution in [0.15, 0.2) is 12.7 Å². The standard InChI is InChI=1S/C15H24N2O3/c1-3-14(18)16(2)11-15(19)17-8-4-5-13(17)12-6-9-20-10-7-12/h3,12-13H,1,4-11H2,2H3. The number of rotatable bonds is 4. The van der Waals surface area contributed by atoms with Crippen LogP contribution in [0.2, 0.25) is 0 Å². The molecule has 5 nitrogen and oxygen atoms in total. The van der Waals surface area contributed by atoms with E-state index in [1.54, 1.807) is 7.05 Å². The summed E-state index contributed by atoms with van der Waals surface area (Å²) < 4.78 is 5.40. The number of likely N-dealkylation sites (tertiary alicyclic amines) is 1. The van der Waals surface area contributed by atoms with Gasteiger partial charge in [0.25, 0.3) is 0 Å². The van der Waals surface area contributed by atoms with Crippen LogP contribution >= 0.6 is 0 Å². The number of carbonyl (C=O) groups excluding carboxylic acids is 2. The molecule has 2 amide bonds. The fraction of sp³-hybridized carbons (Fsp3) is 0.733. The number of carbonyl (C=O) groups is 2. The first-order valence-corrected chi connectivity index (χ1v) is 7.38. The number of hydrogen-bond acceptors (Lipinski definition) is 3. The highest BCUT2D eigenvalue weighted by atomic mass is 16.5. The number of nitrogens with zero attached hydrogens (tertiary/aromatic N) is 2. The minimum Gasteiger partial charge on any atom is -0.381 e. The Morgan fingerprint density at radius 1 is 1.35 bits per heavy atom. The molecule has 0 N–H and O–H groups in total. The summed E-state index contributed by atoms with van der Waals surface area (Å²) in [4.78, 5) is 27.3. The number of ether oxygens (including phenoxy) is 1. The van der Waals surface area contributed by atoms with Gasteiger partial charge in [0.05, 0.1) is 6.54 Å². The maximum Gasteiger partial charge on any atom is 0.246 e. The van der Waals surface area contributed by atoms with Gasteiger partial charge >= 0.3 is 0 Å². The van der Waals surface area contributed by atoms with Crippen molar-refractivity contribution in [2.24, 2.45) is 5.92 Å². The third kappa shape index (κ3) is 3.39. The molecule has 0 aromatic carbocycles. The highest BCUT2D eigenvalue weighted by Crippen LogP contribution is 2.30. The Bertz CT molecular complexity index is 377. The predicted molar refractivity (Wildman–Crippen MR) is 76.1 cm³/mol. The second kappa shape index (κ2) is 6.88. The summed E-state index contributed by atoms with van der Waals surface area (Å²) >= 11 is 0. The normalized spacial score (nSPS) is 23.6. The zero-order valence-corrected chi connectivity index (χ0v) is 12.2. The van der Waals surface area contributed by atoms with Gasteiger partial charge in [-0.25, -0.2) is 0 Å². The van der Waals surface area contributed by atoms with Gasteiger partial charge < -0.3 is 14.5 Å². The first-order valence-electron chi connectivity index (χ1n) is 7.38. The van der Waals surface area contributed by atoms with Crippen LogP contribution in [-0.2, 0) is 14.3 Å². The van der Waals surface area contributed by atoms with Gasteiger partial charge in [0.1, 0.15) is 0 Å². The van der Waals surface area contributed by atoms with Gasteiger partial charge in [-0.15, -0.1) is 0 Å². The molecule has 2 aliphatic heterocycles. The van der Waals surface area contributed by atoms with Crippen molar-refractivity contribution in [2.45, 2.75) is 31.7 Å². The minimum absolute atomic E-state index is 0.0525. The van der Waals surface area contributed by atoms with E-state index >= 15 is 0 Å². The molecule has 0 saturated carbocycles. The molecule has 2 heterocycles. The van der Waals surface area contributed by atoms with Crippen molar-refractivity contribution in [3.63, 3.8) is 0 Å². The molecule has 0 radical (unpaired) electrons. The summed E-state index contributed by atoms with van der Waals surface area (Å²) in [6, 6.07) is 0.332. The molecular formula is C15H24N2O3. The van der Waals surface area contributed by atoms with Gasteiger partial charge in [0.2, 0.25) is 11.8 Å². The van der Waals surface area contributed by atoms with Gasteiger partial charge in [0.15, 0.2) is 0 Å². The molecule has 0 aromatic heterocycles. The van der Waals surface area contributed by atoms with Crippen LogP contribution in [0.3, 0.4) is 0 Å². The lowest BCUT2D eigenvalue weighted by atomic mass is 9.90. The van der Waals surface area contributed by atoms with E-state index in [2.05, 4.69) is 6.58 Å². The smallest absolute Gasteiger partial charge is 0.246 e. The van der Waals surface area contributed by atoms with Crippen molar-refractivity contribution in [1.82, 2.24) is 9.80 Å². The molecule has 2 aliphatic rings. The Kier molecular flexibility index (Phi) is 5.17. The zero-order chi connectivity index (χ0) is 14.5. The number of hydrogen-bond donors (Lipinski definition) is 0. The quantitative estimate of drug-likeness (QED) is 0.723. The third-order valence-corrected chi connectivity index (χ3v) is 4.35. The van der Waals surface area contributed by atoms with Crippen molar-refractivity contribution in [3.05, 3.63) is 12.7 Å². The molecule has 0 aliphatic carbocycles. The molecule has 112 valence electrons. The molecule has 2 fully saturated rings. The molecule has 1 unspecified atom stereocenters. The monoisotopic (exact) mass is 280 g/mol. The van der Waals surface area contributed by atoms with E-state index in [1.807, 2.05) is 4.90 Å². The van der Waals surface area contributed by atoms with Gasteiger partial charge in [-0.2, -0.15) is 0 Å². The Balaban J connectivity index is 1.93. The van der Waals surface area contributed by atoms with Crippen molar-refractivity contribution in [3.8, 4) is 0 Å². The van der Waals surface area contributed by atoms with E-state index in [0.717, 1.165) is 45.4 Å². The lowest BCUT2D eigenvalue weighted by molar-refractivity contribution is -0.139. The van der Waals surface area contributed by atoms with E-state index < -0.39 is 0 Å². The van der Waals surface area contributed by atoms with Crippen molar-refractivity contribution >= 4 is 11.8 Å². The van der Waals surface area contributed by atoms with Crippen LogP contribution < -0.4 is 0 Å². The molecule has 0 aromatic rings. The van der Waals surface area contributed by atoms with Crippen molar-refractivity contribution in [1.29, 1.82) is 0 Å². The first-order chi connectivity index (χ1) is 9.63. The van der Waals surface area contributed by atoms with Gasteiger partial charge in [0, 0.05) is 32.8 Å². The summed E-state index contributed by atoms with van der Waals surface area (Å²) in [6.45, 7) is 6.01. The molecule has 20 heavy (non-hydrogen) atoms. The second-order valence-electron chi connectivity index (χ2n) is 5.64. The van der Waals surface area contributed by atoms with E-state index in [1.165, 1.54) is 11.0 Å². The Hall–Kier alpha value is -1.36. The molecule has 2 saturated heterocycles. The van der Waals surface area contributed by atoms with E-state index in [9.17, 15) is 9.59 Å². The Labute approximate surface area is 120 Å². The third-order valence-electron chi connectivity index (χ3n) is 4.35. The Morgan fingerprint density at radius 2 is 2.05 bits per heavy atom. The van der Waals surface area contributed by atoms with Gasteiger partial charge in [-0.3, -0.25) is 9.59 Å². The van der Waals surface area contributed by atoms with E-state index in [-0.39, 0.29) is 18.4 Å². The molecule has 5 heteroatoms. The van der Waals surface area contributed by atoms with Gasteiger partial charge in [-0.05, 0) is 37.7 Å². The number of amides is 2. The zero-order valence-electron chi connectivity index (χ0n) is 12.2. The van der Waals surface area contributed by atoms with Crippen LogP contribution in [0.5, 0.6) is 0 Å². The average Bonchev–Trinajstić information content (AvgIpc) is 2.96. The highest BCUT2D eigenvalue weighted by Gasteiger charge is 2.35. The lowest BCUT2D eigenvalue weighted by Gasteiger charge is -2.34. The SMILES string of the molecule is C=CC(=O)N(C)CC(=O)N1CCCC1C1CCOCC1. The molecule has 0 spiro atoms. The van der Waals surface area contributed by atoms with Crippen molar-refractivity contribution < 1.29 is 14.3 Å². The number of likely N-dealkylation sites (N-methyl/N-ethyl adjacent to an activating group) is 1. The summed E-state index contributed by atoms with van der Waals surface area (Å²) in [5, 5.41) is 0. The van der Waals surface area contributed by atoms with E-state index in [4.69, 9.17) is 4.74 Å². The summed E-state index contributed by atoms with van der Waals surface area (Å²) in [6.07, 6.45) is 5.46. The van der Waals surface area contributed by atoms with Crippen LogP contribution in [0.1, 0.15) is 25.7 Å². The first kappa shape index (κ1) is 15.0. The summed E-state index contributed by atoms with van der Waals surface area (Å²) in [7, 11) is 1.64. The minimum atomic E-state index is -0.208. The maximum absolute atomic E-state index is 12.4. The maximum atomic E-state index is 12.4. The fourth-order valence-corrected chi connectivity index (χ4v) is 3.22. The van der Waals surface area contributed by atoms with Crippen LogP contribution in [-0.4, -0.2) is 61.0 Å². The molecular weight excluding hydrogens is 256 g/mol. The summed E-state index contributed by atoms with van der Waals surface area (Å²) in [5.41, 5.74) is 0. The predicted octanol–water partition coefficient (Wildman–Crippen LogP) is 1.05. The molecule has 2 rings (SSSR count).